The normalized spacial score (nSPS) is 9.13. The van der Waals surface area contributed by atoms with Gasteiger partial charge in [0, 0.05) is 0 Å². The fourth-order valence-electron chi connectivity index (χ4n) is 1.07. The standard InChI is InChI=1S/C11H11NO2S/c1-9-3-2-4-10(7-9)14-6-5-11(13)12-8-15/h2-4,7H,5-6H2,1H3. The molecule has 1 aromatic carbocycles. The van der Waals surface area contributed by atoms with Gasteiger partial charge in [-0.3, -0.25) is 4.79 Å². The number of carbonyl (C=O) groups is 1. The highest BCUT2D eigenvalue weighted by molar-refractivity contribution is 7.78. The lowest BCUT2D eigenvalue weighted by molar-refractivity contribution is -0.118. The largest absolute Gasteiger partial charge is 0.493 e. The summed E-state index contributed by atoms with van der Waals surface area (Å²) >= 11 is 4.31. The first-order chi connectivity index (χ1) is 7.22. The van der Waals surface area contributed by atoms with E-state index in [1.54, 1.807) is 0 Å². The van der Waals surface area contributed by atoms with Crippen LogP contribution in [0.5, 0.6) is 5.75 Å². The van der Waals surface area contributed by atoms with E-state index in [1.165, 1.54) is 0 Å². The van der Waals surface area contributed by atoms with Crippen molar-refractivity contribution >= 4 is 23.3 Å². The van der Waals surface area contributed by atoms with Crippen molar-refractivity contribution in [3.05, 3.63) is 29.8 Å². The third-order valence-corrected chi connectivity index (χ3v) is 1.84. The van der Waals surface area contributed by atoms with Crippen LogP contribution in [0.25, 0.3) is 0 Å². The molecule has 0 spiro atoms. The fraction of sp³-hybridized carbons (Fsp3) is 0.273. The van der Waals surface area contributed by atoms with E-state index < -0.39 is 0 Å². The Morgan fingerprint density at radius 1 is 1.60 bits per heavy atom. The van der Waals surface area contributed by atoms with E-state index in [9.17, 15) is 4.79 Å². The van der Waals surface area contributed by atoms with E-state index >= 15 is 0 Å². The summed E-state index contributed by atoms with van der Waals surface area (Å²) in [5, 5.41) is 2.03. The number of ether oxygens (including phenoxy) is 1. The van der Waals surface area contributed by atoms with Crippen LogP contribution in [0.4, 0.5) is 0 Å². The zero-order valence-corrected chi connectivity index (χ0v) is 9.21. The van der Waals surface area contributed by atoms with Crippen LogP contribution in [0.3, 0.4) is 0 Å². The first kappa shape index (κ1) is 11.6. The van der Waals surface area contributed by atoms with Crippen molar-refractivity contribution in [2.45, 2.75) is 13.3 Å². The van der Waals surface area contributed by atoms with Gasteiger partial charge in [-0.15, -0.1) is 0 Å². The minimum Gasteiger partial charge on any atom is -0.493 e. The van der Waals surface area contributed by atoms with Crippen molar-refractivity contribution < 1.29 is 9.53 Å². The summed E-state index contributed by atoms with van der Waals surface area (Å²) in [5.41, 5.74) is 1.12. The van der Waals surface area contributed by atoms with Crippen LogP contribution in [0.2, 0.25) is 0 Å². The average molecular weight is 221 g/mol. The predicted octanol–water partition coefficient (Wildman–Crippen LogP) is 2.39. The fourth-order valence-corrected chi connectivity index (χ4v) is 1.17. The van der Waals surface area contributed by atoms with Crippen molar-refractivity contribution in [3.63, 3.8) is 0 Å². The topological polar surface area (TPSA) is 38.7 Å². The molecule has 0 heterocycles. The Bertz CT molecular complexity index is 397. The van der Waals surface area contributed by atoms with Crippen molar-refractivity contribution in [1.82, 2.24) is 0 Å². The predicted molar refractivity (Wildman–Crippen MR) is 61.3 cm³/mol. The van der Waals surface area contributed by atoms with E-state index in [-0.39, 0.29) is 12.3 Å². The molecule has 0 aliphatic heterocycles. The molecular formula is C11H11NO2S. The number of rotatable bonds is 4. The average Bonchev–Trinajstić information content (AvgIpc) is 2.18. The molecule has 0 unspecified atom stereocenters. The number of thiocarbonyl (C=S) groups is 1. The molecule has 0 atom stereocenters. The van der Waals surface area contributed by atoms with Gasteiger partial charge in [-0.1, -0.05) is 12.1 Å². The Balaban J connectivity index is 2.38. The zero-order valence-electron chi connectivity index (χ0n) is 8.40. The third-order valence-electron chi connectivity index (χ3n) is 1.74. The van der Waals surface area contributed by atoms with Crippen molar-refractivity contribution in [3.8, 4) is 5.75 Å². The molecule has 0 N–H and O–H groups in total. The number of aliphatic imine (C=N–C) groups is 1. The highest BCUT2D eigenvalue weighted by Gasteiger charge is 1.99. The summed E-state index contributed by atoms with van der Waals surface area (Å²) in [6, 6.07) is 7.64. The highest BCUT2D eigenvalue weighted by atomic mass is 32.1. The SMILES string of the molecule is Cc1cccc(OCCC(=O)N=C=S)c1. The molecule has 0 fully saturated rings. The van der Waals surface area contributed by atoms with Crippen LogP contribution in [0.15, 0.2) is 29.3 Å². The maximum Gasteiger partial charge on any atom is 0.257 e. The molecule has 4 heteroatoms. The molecule has 0 aromatic heterocycles. The lowest BCUT2D eigenvalue weighted by atomic mass is 10.2. The molecule has 0 aliphatic carbocycles. The number of amides is 1. The zero-order chi connectivity index (χ0) is 11.1. The van der Waals surface area contributed by atoms with Crippen LogP contribution in [0.1, 0.15) is 12.0 Å². The maximum absolute atomic E-state index is 10.9. The molecule has 0 aliphatic rings. The number of hydrogen-bond acceptors (Lipinski definition) is 3. The molecule has 15 heavy (non-hydrogen) atoms. The van der Waals surface area contributed by atoms with E-state index in [1.807, 2.05) is 36.4 Å². The lowest BCUT2D eigenvalue weighted by Gasteiger charge is -2.04. The van der Waals surface area contributed by atoms with Gasteiger partial charge in [0.25, 0.3) is 5.91 Å². The Morgan fingerprint density at radius 3 is 3.07 bits per heavy atom. The summed E-state index contributed by atoms with van der Waals surface area (Å²) in [6.07, 6.45) is 0.220. The van der Waals surface area contributed by atoms with E-state index in [4.69, 9.17) is 4.74 Å². The van der Waals surface area contributed by atoms with E-state index in [0.717, 1.165) is 11.3 Å². The molecule has 0 bridgehead atoms. The first-order valence-corrected chi connectivity index (χ1v) is 4.93. The number of isothiocyanates is 1. The van der Waals surface area contributed by atoms with Crippen molar-refractivity contribution in [2.75, 3.05) is 6.61 Å². The van der Waals surface area contributed by atoms with Crippen LogP contribution >= 0.6 is 12.2 Å². The quantitative estimate of drug-likeness (QED) is 0.579. The van der Waals surface area contributed by atoms with Gasteiger partial charge >= 0.3 is 0 Å². The van der Waals surface area contributed by atoms with Gasteiger partial charge in [0.2, 0.25) is 0 Å². The minimum absolute atomic E-state index is 0.220. The molecule has 78 valence electrons. The minimum atomic E-state index is -0.308. The number of benzene rings is 1. The summed E-state index contributed by atoms with van der Waals surface area (Å²) in [7, 11) is 0. The van der Waals surface area contributed by atoms with Gasteiger partial charge in [0.15, 0.2) is 0 Å². The summed E-state index contributed by atoms with van der Waals surface area (Å²) in [6.45, 7) is 2.29. The molecule has 3 nitrogen and oxygen atoms in total. The number of aryl methyl sites for hydroxylation is 1. The summed E-state index contributed by atoms with van der Waals surface area (Å²) in [5.74, 6) is 0.451. The molecular weight excluding hydrogens is 210 g/mol. The van der Waals surface area contributed by atoms with E-state index in [2.05, 4.69) is 17.2 Å². The second-order valence-electron chi connectivity index (χ2n) is 3.01. The van der Waals surface area contributed by atoms with Gasteiger partial charge < -0.3 is 4.74 Å². The van der Waals surface area contributed by atoms with Crippen LogP contribution < -0.4 is 4.74 Å². The van der Waals surface area contributed by atoms with Gasteiger partial charge in [-0.05, 0) is 36.8 Å². The second kappa shape index (κ2) is 6.06. The van der Waals surface area contributed by atoms with E-state index in [0.29, 0.717) is 6.61 Å². The smallest absolute Gasteiger partial charge is 0.257 e. The Kier molecular flexibility index (Phi) is 4.68. The number of nitrogens with zero attached hydrogens (tertiary/aromatic N) is 1. The molecule has 0 saturated heterocycles. The Morgan fingerprint density at radius 2 is 2.40 bits per heavy atom. The highest BCUT2D eigenvalue weighted by Crippen LogP contribution is 2.12. The van der Waals surface area contributed by atoms with Gasteiger partial charge in [-0.25, -0.2) is 0 Å². The number of carbonyl (C=O) groups excluding carboxylic acids is 1. The van der Waals surface area contributed by atoms with Crippen molar-refractivity contribution in [2.24, 2.45) is 4.99 Å². The third kappa shape index (κ3) is 4.49. The Hall–Kier alpha value is -1.51. The number of hydrogen-bond donors (Lipinski definition) is 0. The Labute approximate surface area is 93.8 Å². The molecule has 0 saturated carbocycles. The van der Waals surface area contributed by atoms with Crippen molar-refractivity contribution in [1.29, 1.82) is 0 Å². The van der Waals surface area contributed by atoms with Crippen LogP contribution in [-0.4, -0.2) is 17.7 Å². The summed E-state index contributed by atoms with van der Waals surface area (Å²) in [4.78, 5) is 14.2. The lowest BCUT2D eigenvalue weighted by Crippen LogP contribution is -2.03. The molecule has 1 amide bonds. The second-order valence-corrected chi connectivity index (χ2v) is 3.19. The molecule has 0 radical (unpaired) electrons. The first-order valence-electron chi connectivity index (χ1n) is 4.52. The van der Waals surface area contributed by atoms with Gasteiger partial charge in [0.1, 0.15) is 5.75 Å². The molecule has 1 rings (SSSR count). The molecule has 1 aromatic rings. The maximum atomic E-state index is 10.9. The van der Waals surface area contributed by atoms with Gasteiger partial charge in [-0.2, -0.15) is 4.99 Å². The van der Waals surface area contributed by atoms with Gasteiger partial charge in [0.05, 0.1) is 18.2 Å². The van der Waals surface area contributed by atoms with Crippen LogP contribution in [0, 0.1) is 6.92 Å². The van der Waals surface area contributed by atoms with Crippen LogP contribution in [-0.2, 0) is 4.79 Å². The monoisotopic (exact) mass is 221 g/mol. The summed E-state index contributed by atoms with van der Waals surface area (Å²) < 4.78 is 5.36.